The molecule has 138 valence electrons. The molecule has 0 saturated carbocycles. The van der Waals surface area contributed by atoms with Crippen molar-refractivity contribution in [1.29, 1.82) is 0 Å². The standard InChI is InChI=1S/C20H18N2O5/c1-13-19(20(24)27-12-14-6-3-2-4-7-14)17(11-18(23)21-13)15-8-5-9-16(10-15)22(25)26/h2-10,17H,11-12H2,1H3,(H,21,23)/t17-/m0/s1. The molecule has 0 fully saturated rings. The highest BCUT2D eigenvalue weighted by atomic mass is 16.6. The summed E-state index contributed by atoms with van der Waals surface area (Å²) in [5.41, 5.74) is 2.00. The number of nitro benzene ring substituents is 1. The van der Waals surface area contributed by atoms with E-state index in [1.54, 1.807) is 19.1 Å². The van der Waals surface area contributed by atoms with Crippen molar-refractivity contribution in [3.8, 4) is 0 Å². The number of ether oxygens (including phenoxy) is 1. The molecule has 7 nitrogen and oxygen atoms in total. The van der Waals surface area contributed by atoms with Crippen LogP contribution in [0, 0.1) is 10.1 Å². The van der Waals surface area contributed by atoms with Gasteiger partial charge in [0.15, 0.2) is 0 Å². The van der Waals surface area contributed by atoms with E-state index >= 15 is 0 Å². The molecular formula is C20H18N2O5. The second-order valence-corrected chi connectivity index (χ2v) is 6.26. The van der Waals surface area contributed by atoms with Gasteiger partial charge in [0.05, 0.1) is 10.5 Å². The van der Waals surface area contributed by atoms with E-state index in [1.165, 1.54) is 12.1 Å². The summed E-state index contributed by atoms with van der Waals surface area (Å²) < 4.78 is 5.42. The average molecular weight is 366 g/mol. The van der Waals surface area contributed by atoms with E-state index in [9.17, 15) is 19.7 Å². The Morgan fingerprint density at radius 2 is 1.96 bits per heavy atom. The molecule has 0 spiro atoms. The second kappa shape index (κ2) is 7.82. The summed E-state index contributed by atoms with van der Waals surface area (Å²) in [6, 6.07) is 15.2. The Labute approximate surface area is 155 Å². The molecule has 2 aromatic rings. The zero-order valence-electron chi connectivity index (χ0n) is 14.7. The third kappa shape index (κ3) is 4.20. The first kappa shape index (κ1) is 18.3. The van der Waals surface area contributed by atoms with Crippen molar-refractivity contribution in [2.75, 3.05) is 0 Å². The number of allylic oxidation sites excluding steroid dienone is 1. The van der Waals surface area contributed by atoms with Gasteiger partial charge in [0, 0.05) is 30.2 Å². The highest BCUT2D eigenvalue weighted by Crippen LogP contribution is 2.35. The van der Waals surface area contributed by atoms with Crippen LogP contribution in [0.3, 0.4) is 0 Å². The maximum Gasteiger partial charge on any atom is 0.336 e. The fraction of sp³-hybridized carbons (Fsp3) is 0.200. The Balaban J connectivity index is 1.88. The number of amides is 1. The Bertz CT molecular complexity index is 921. The van der Waals surface area contributed by atoms with Gasteiger partial charge >= 0.3 is 5.97 Å². The van der Waals surface area contributed by atoms with Gasteiger partial charge < -0.3 is 10.1 Å². The normalized spacial score (nSPS) is 16.6. The van der Waals surface area contributed by atoms with Gasteiger partial charge in [0.25, 0.3) is 5.69 Å². The largest absolute Gasteiger partial charge is 0.457 e. The predicted molar refractivity (Wildman–Crippen MR) is 97.5 cm³/mol. The van der Waals surface area contributed by atoms with Crippen molar-refractivity contribution < 1.29 is 19.2 Å². The Morgan fingerprint density at radius 1 is 1.22 bits per heavy atom. The SMILES string of the molecule is CC1=C(C(=O)OCc2ccccc2)[C@H](c2cccc([N+](=O)[O-])c2)CC(=O)N1. The summed E-state index contributed by atoms with van der Waals surface area (Å²) in [4.78, 5) is 35.3. The van der Waals surface area contributed by atoms with E-state index in [4.69, 9.17) is 4.74 Å². The number of benzene rings is 2. The van der Waals surface area contributed by atoms with Crippen molar-refractivity contribution in [1.82, 2.24) is 5.32 Å². The van der Waals surface area contributed by atoms with Crippen LogP contribution in [0.5, 0.6) is 0 Å². The number of nitrogens with zero attached hydrogens (tertiary/aromatic N) is 1. The number of carbonyl (C=O) groups is 2. The second-order valence-electron chi connectivity index (χ2n) is 6.26. The van der Waals surface area contributed by atoms with E-state index in [1.807, 2.05) is 30.3 Å². The third-order valence-corrected chi connectivity index (χ3v) is 4.38. The van der Waals surface area contributed by atoms with Crippen molar-refractivity contribution in [3.63, 3.8) is 0 Å². The molecule has 0 unspecified atom stereocenters. The van der Waals surface area contributed by atoms with Crippen LogP contribution in [-0.2, 0) is 20.9 Å². The minimum Gasteiger partial charge on any atom is -0.457 e. The van der Waals surface area contributed by atoms with Gasteiger partial charge in [0.1, 0.15) is 6.61 Å². The first-order valence-corrected chi connectivity index (χ1v) is 8.41. The van der Waals surface area contributed by atoms with Crippen molar-refractivity contribution in [2.45, 2.75) is 25.9 Å². The Morgan fingerprint density at radius 3 is 2.67 bits per heavy atom. The van der Waals surface area contributed by atoms with Crippen LogP contribution < -0.4 is 5.32 Å². The van der Waals surface area contributed by atoms with Crippen LogP contribution in [0.2, 0.25) is 0 Å². The third-order valence-electron chi connectivity index (χ3n) is 4.38. The molecule has 0 aliphatic carbocycles. The topological polar surface area (TPSA) is 98.5 Å². The van der Waals surface area contributed by atoms with Crippen LogP contribution in [0.1, 0.15) is 30.4 Å². The number of rotatable bonds is 5. The maximum atomic E-state index is 12.7. The van der Waals surface area contributed by atoms with E-state index in [0.717, 1.165) is 5.56 Å². The van der Waals surface area contributed by atoms with Gasteiger partial charge in [-0.3, -0.25) is 14.9 Å². The first-order chi connectivity index (χ1) is 13.0. The minimum absolute atomic E-state index is 0.0221. The molecule has 0 aromatic heterocycles. The average Bonchev–Trinajstić information content (AvgIpc) is 2.66. The fourth-order valence-electron chi connectivity index (χ4n) is 3.11. The number of hydrogen-bond acceptors (Lipinski definition) is 5. The van der Waals surface area contributed by atoms with Gasteiger partial charge in [-0.1, -0.05) is 42.5 Å². The summed E-state index contributed by atoms with van der Waals surface area (Å²) in [7, 11) is 0. The Kier molecular flexibility index (Phi) is 5.30. The first-order valence-electron chi connectivity index (χ1n) is 8.41. The molecule has 3 rings (SSSR count). The highest BCUT2D eigenvalue weighted by molar-refractivity contribution is 5.95. The van der Waals surface area contributed by atoms with Crippen molar-refractivity contribution >= 4 is 17.6 Å². The number of non-ortho nitro benzene ring substituents is 1. The number of nitro groups is 1. The molecule has 27 heavy (non-hydrogen) atoms. The fourth-order valence-corrected chi connectivity index (χ4v) is 3.11. The number of hydrogen-bond donors (Lipinski definition) is 1. The van der Waals surface area contributed by atoms with Crippen molar-refractivity contribution in [3.05, 3.63) is 87.1 Å². The minimum atomic E-state index is -0.595. The lowest BCUT2D eigenvalue weighted by Crippen LogP contribution is -2.34. The van der Waals surface area contributed by atoms with E-state index in [-0.39, 0.29) is 24.6 Å². The van der Waals surface area contributed by atoms with Crippen LogP contribution in [0.4, 0.5) is 5.69 Å². The van der Waals surface area contributed by atoms with E-state index in [0.29, 0.717) is 16.8 Å². The zero-order valence-corrected chi connectivity index (χ0v) is 14.7. The van der Waals surface area contributed by atoms with Crippen LogP contribution in [-0.4, -0.2) is 16.8 Å². The summed E-state index contributed by atoms with van der Waals surface area (Å²) in [6.45, 7) is 1.73. The quantitative estimate of drug-likeness (QED) is 0.498. The summed E-state index contributed by atoms with van der Waals surface area (Å²) in [5, 5.41) is 13.7. The molecule has 0 saturated heterocycles. The number of carbonyl (C=O) groups excluding carboxylic acids is 2. The molecule has 1 heterocycles. The molecule has 0 radical (unpaired) electrons. The lowest BCUT2D eigenvalue weighted by Gasteiger charge is -2.26. The monoisotopic (exact) mass is 366 g/mol. The lowest BCUT2D eigenvalue weighted by molar-refractivity contribution is -0.384. The Hall–Kier alpha value is -3.48. The van der Waals surface area contributed by atoms with Crippen LogP contribution >= 0.6 is 0 Å². The smallest absolute Gasteiger partial charge is 0.336 e. The summed E-state index contributed by atoms with van der Waals surface area (Å²) in [5.74, 6) is -1.39. The maximum absolute atomic E-state index is 12.7. The molecule has 1 N–H and O–H groups in total. The summed E-state index contributed by atoms with van der Waals surface area (Å²) in [6.07, 6.45) is 0.0221. The molecule has 1 aliphatic rings. The van der Waals surface area contributed by atoms with Gasteiger partial charge in [-0.25, -0.2) is 4.79 Å². The highest BCUT2D eigenvalue weighted by Gasteiger charge is 2.33. The van der Waals surface area contributed by atoms with Crippen LogP contribution in [0.25, 0.3) is 0 Å². The van der Waals surface area contributed by atoms with E-state index < -0.39 is 16.8 Å². The zero-order chi connectivity index (χ0) is 19.4. The van der Waals surface area contributed by atoms with E-state index in [2.05, 4.69) is 5.32 Å². The molecule has 0 bridgehead atoms. The molecule has 7 heteroatoms. The molecular weight excluding hydrogens is 348 g/mol. The predicted octanol–water partition coefficient (Wildman–Crippen LogP) is 3.22. The molecule has 1 amide bonds. The number of esters is 1. The molecule has 1 atom stereocenters. The molecule has 1 aliphatic heterocycles. The lowest BCUT2D eigenvalue weighted by atomic mass is 9.84. The van der Waals surface area contributed by atoms with Crippen molar-refractivity contribution in [2.24, 2.45) is 0 Å². The number of nitrogens with one attached hydrogen (secondary N) is 1. The summed E-state index contributed by atoms with van der Waals surface area (Å²) >= 11 is 0. The van der Waals surface area contributed by atoms with Crippen LogP contribution in [0.15, 0.2) is 65.9 Å². The van der Waals surface area contributed by atoms with Gasteiger partial charge in [-0.15, -0.1) is 0 Å². The van der Waals surface area contributed by atoms with Gasteiger partial charge in [-0.2, -0.15) is 0 Å². The van der Waals surface area contributed by atoms with Gasteiger partial charge in [0.2, 0.25) is 5.91 Å². The van der Waals surface area contributed by atoms with Gasteiger partial charge in [-0.05, 0) is 18.1 Å². The molecule has 2 aromatic carbocycles.